The Bertz CT molecular complexity index is 1280. The lowest BCUT2D eigenvalue weighted by atomic mass is 9.82. The van der Waals surface area contributed by atoms with E-state index in [-0.39, 0.29) is 23.5 Å². The molecule has 2 atom stereocenters. The molecular weight excluding hydrogens is 451 g/mol. The Morgan fingerprint density at radius 2 is 1.91 bits per heavy atom. The van der Waals surface area contributed by atoms with Crippen LogP contribution in [0.2, 0.25) is 5.02 Å². The number of benzene rings is 3. The second-order valence-corrected chi connectivity index (χ2v) is 9.60. The summed E-state index contributed by atoms with van der Waals surface area (Å²) in [6.07, 6.45) is 5.11. The first-order valence-electron chi connectivity index (χ1n) is 11.5. The minimum atomic E-state index is -0.446. The van der Waals surface area contributed by atoms with E-state index in [1.54, 1.807) is 29.2 Å². The predicted molar refractivity (Wildman–Crippen MR) is 133 cm³/mol. The van der Waals surface area contributed by atoms with Gasteiger partial charge in [0.15, 0.2) is 0 Å². The molecule has 1 amide bonds. The number of carbonyl (C=O) groups excluding carboxylic acids is 1. The standard InChI is InChI=1S/C28H26ClFN2O2/c1-19-17-28(12-11-27(34)32(28)22-6-4-5-21(30)16-22)13-14-31(19)18-20-9-10-26(33)24(15-20)23-7-2-3-8-25(23)29/h2-12,15-16,19,33H,13-14,17-18H2,1H3/t19-,28+/m0/s1. The molecule has 1 spiro atoms. The van der Waals surface area contributed by atoms with Crippen molar-refractivity contribution in [3.63, 3.8) is 0 Å². The zero-order chi connectivity index (χ0) is 23.9. The van der Waals surface area contributed by atoms with Gasteiger partial charge in [0.2, 0.25) is 0 Å². The first-order chi connectivity index (χ1) is 16.4. The van der Waals surface area contributed by atoms with Crippen LogP contribution in [0.25, 0.3) is 11.1 Å². The summed E-state index contributed by atoms with van der Waals surface area (Å²) in [6.45, 7) is 3.66. The minimum Gasteiger partial charge on any atom is -0.507 e. The van der Waals surface area contributed by atoms with Gasteiger partial charge in [0.05, 0.1) is 5.54 Å². The highest BCUT2D eigenvalue weighted by Gasteiger charge is 2.46. The van der Waals surface area contributed by atoms with Gasteiger partial charge in [-0.15, -0.1) is 0 Å². The lowest BCUT2D eigenvalue weighted by Gasteiger charge is -2.47. The van der Waals surface area contributed by atoms with Crippen molar-refractivity contribution in [1.82, 2.24) is 4.90 Å². The van der Waals surface area contributed by atoms with Gasteiger partial charge in [-0.05, 0) is 61.7 Å². The van der Waals surface area contributed by atoms with Crippen molar-refractivity contribution in [2.24, 2.45) is 0 Å². The summed E-state index contributed by atoms with van der Waals surface area (Å²) in [5.41, 5.74) is 2.74. The molecule has 3 aromatic rings. The van der Waals surface area contributed by atoms with Crippen LogP contribution in [-0.2, 0) is 11.3 Å². The van der Waals surface area contributed by atoms with E-state index in [4.69, 9.17) is 11.6 Å². The third kappa shape index (κ3) is 4.10. The Morgan fingerprint density at radius 3 is 2.68 bits per heavy atom. The molecule has 5 rings (SSSR count). The van der Waals surface area contributed by atoms with E-state index in [0.717, 1.165) is 30.5 Å². The number of hydrogen-bond acceptors (Lipinski definition) is 3. The number of likely N-dealkylation sites (tertiary alicyclic amines) is 1. The number of phenols is 1. The number of carbonyl (C=O) groups is 1. The van der Waals surface area contributed by atoms with Crippen LogP contribution in [0.4, 0.5) is 10.1 Å². The lowest BCUT2D eigenvalue weighted by molar-refractivity contribution is -0.114. The Hall–Kier alpha value is -3.15. The zero-order valence-corrected chi connectivity index (χ0v) is 19.7. The Kier molecular flexibility index (Phi) is 5.92. The fourth-order valence-corrected chi connectivity index (χ4v) is 5.53. The molecule has 2 heterocycles. The molecule has 1 saturated heterocycles. The maximum atomic E-state index is 13.9. The van der Waals surface area contributed by atoms with Crippen LogP contribution in [0.5, 0.6) is 5.75 Å². The predicted octanol–water partition coefficient (Wildman–Crippen LogP) is 6.18. The number of piperidine rings is 1. The molecule has 3 aromatic carbocycles. The fraction of sp³-hybridized carbons (Fsp3) is 0.250. The summed E-state index contributed by atoms with van der Waals surface area (Å²) >= 11 is 6.37. The summed E-state index contributed by atoms with van der Waals surface area (Å²) in [6, 6.07) is 19.6. The van der Waals surface area contributed by atoms with Crippen LogP contribution in [0, 0.1) is 5.82 Å². The summed E-state index contributed by atoms with van der Waals surface area (Å²) in [5.74, 6) is -0.253. The van der Waals surface area contributed by atoms with Gasteiger partial charge in [-0.25, -0.2) is 4.39 Å². The average molecular weight is 477 g/mol. The highest BCUT2D eigenvalue weighted by atomic mass is 35.5. The fourth-order valence-electron chi connectivity index (χ4n) is 5.30. The van der Waals surface area contributed by atoms with Gasteiger partial charge in [0.1, 0.15) is 11.6 Å². The van der Waals surface area contributed by atoms with Crippen molar-refractivity contribution in [3.05, 3.63) is 95.3 Å². The number of hydrogen-bond donors (Lipinski definition) is 1. The monoisotopic (exact) mass is 476 g/mol. The molecule has 174 valence electrons. The van der Waals surface area contributed by atoms with Crippen LogP contribution in [0.1, 0.15) is 25.3 Å². The average Bonchev–Trinajstić information content (AvgIpc) is 3.12. The number of aromatic hydroxyl groups is 1. The van der Waals surface area contributed by atoms with Crippen molar-refractivity contribution in [2.75, 3.05) is 11.4 Å². The van der Waals surface area contributed by atoms with E-state index in [9.17, 15) is 14.3 Å². The van der Waals surface area contributed by atoms with E-state index in [2.05, 4.69) is 11.8 Å². The van der Waals surface area contributed by atoms with Crippen molar-refractivity contribution in [3.8, 4) is 16.9 Å². The highest BCUT2D eigenvalue weighted by Crippen LogP contribution is 2.41. The summed E-state index contributed by atoms with van der Waals surface area (Å²) in [4.78, 5) is 16.9. The molecule has 2 aliphatic heterocycles. The van der Waals surface area contributed by atoms with Gasteiger partial charge >= 0.3 is 0 Å². The second kappa shape index (κ2) is 8.90. The van der Waals surface area contributed by atoms with E-state index in [1.165, 1.54) is 12.1 Å². The molecular formula is C28H26ClFN2O2. The number of nitrogens with zero attached hydrogens (tertiary/aromatic N) is 2. The third-order valence-corrected chi connectivity index (χ3v) is 7.31. The quantitative estimate of drug-likeness (QED) is 0.489. The number of phenolic OH excluding ortho intramolecular Hbond substituents is 1. The van der Waals surface area contributed by atoms with Crippen molar-refractivity contribution < 1.29 is 14.3 Å². The Labute approximate surface area is 203 Å². The largest absolute Gasteiger partial charge is 0.507 e. The van der Waals surface area contributed by atoms with Crippen LogP contribution in [-0.4, -0.2) is 34.0 Å². The SMILES string of the molecule is C[C@H]1C[C@@]2(C=CC(=O)N2c2cccc(F)c2)CCN1Cc1ccc(O)c(-c2ccccc2Cl)c1. The molecule has 4 nitrogen and oxygen atoms in total. The number of halogens is 2. The van der Waals surface area contributed by atoms with Gasteiger partial charge in [0.25, 0.3) is 5.91 Å². The first kappa shape index (κ1) is 22.6. The Morgan fingerprint density at radius 1 is 1.09 bits per heavy atom. The third-order valence-electron chi connectivity index (χ3n) is 6.98. The van der Waals surface area contributed by atoms with E-state index >= 15 is 0 Å². The molecule has 0 unspecified atom stereocenters. The molecule has 2 aliphatic rings. The summed E-state index contributed by atoms with van der Waals surface area (Å²) < 4.78 is 13.9. The molecule has 6 heteroatoms. The molecule has 0 bridgehead atoms. The molecule has 34 heavy (non-hydrogen) atoms. The lowest BCUT2D eigenvalue weighted by Crippen LogP contribution is -2.56. The molecule has 1 fully saturated rings. The maximum Gasteiger partial charge on any atom is 0.251 e. The van der Waals surface area contributed by atoms with Gasteiger partial charge < -0.3 is 5.11 Å². The first-order valence-corrected chi connectivity index (χ1v) is 11.8. The minimum absolute atomic E-state index is 0.103. The van der Waals surface area contributed by atoms with Crippen LogP contribution in [0.3, 0.4) is 0 Å². The normalized spacial score (nSPS) is 22.6. The van der Waals surface area contributed by atoms with Crippen LogP contribution >= 0.6 is 11.6 Å². The van der Waals surface area contributed by atoms with Crippen LogP contribution < -0.4 is 4.90 Å². The number of rotatable bonds is 4. The van der Waals surface area contributed by atoms with Crippen molar-refractivity contribution in [2.45, 2.75) is 37.9 Å². The smallest absolute Gasteiger partial charge is 0.251 e. The van der Waals surface area contributed by atoms with Crippen LogP contribution in [0.15, 0.2) is 78.9 Å². The van der Waals surface area contributed by atoms with Crippen molar-refractivity contribution >= 4 is 23.2 Å². The summed E-state index contributed by atoms with van der Waals surface area (Å²) in [5, 5.41) is 11.0. The number of amides is 1. The molecule has 0 radical (unpaired) electrons. The summed E-state index contributed by atoms with van der Waals surface area (Å²) in [7, 11) is 0. The van der Waals surface area contributed by atoms with Gasteiger partial charge in [-0.1, -0.05) is 48.0 Å². The van der Waals surface area contributed by atoms with Gasteiger partial charge in [-0.3, -0.25) is 14.6 Å². The molecule has 0 saturated carbocycles. The van der Waals surface area contributed by atoms with Gasteiger partial charge in [-0.2, -0.15) is 0 Å². The Balaban J connectivity index is 1.36. The van der Waals surface area contributed by atoms with Crippen molar-refractivity contribution in [1.29, 1.82) is 0 Å². The highest BCUT2D eigenvalue weighted by molar-refractivity contribution is 6.33. The van der Waals surface area contributed by atoms with E-state index < -0.39 is 5.54 Å². The maximum absolute atomic E-state index is 13.9. The molecule has 1 N–H and O–H groups in total. The number of anilines is 1. The topological polar surface area (TPSA) is 43.8 Å². The van der Waals surface area contributed by atoms with E-state index in [1.807, 2.05) is 42.5 Å². The molecule has 0 aliphatic carbocycles. The van der Waals surface area contributed by atoms with E-state index in [0.29, 0.717) is 22.8 Å². The van der Waals surface area contributed by atoms with Gasteiger partial charge in [0, 0.05) is 47.0 Å². The zero-order valence-electron chi connectivity index (χ0n) is 18.9. The molecule has 0 aromatic heterocycles. The second-order valence-electron chi connectivity index (χ2n) is 9.20.